The molecule has 3 rings (SSSR count). The molecule has 1 N–H and O–H groups in total. The number of halogens is 4. The van der Waals surface area contributed by atoms with Crippen LogP contribution in [0.2, 0.25) is 0 Å². The van der Waals surface area contributed by atoms with Gasteiger partial charge in [0.15, 0.2) is 11.4 Å². The summed E-state index contributed by atoms with van der Waals surface area (Å²) in [6.45, 7) is 0.679. The molecule has 0 atom stereocenters. The summed E-state index contributed by atoms with van der Waals surface area (Å²) in [5, 5.41) is 10.5. The lowest BCUT2D eigenvalue weighted by molar-refractivity contribution is -0.141. The zero-order chi connectivity index (χ0) is 18.2. The molecule has 0 bridgehead atoms. The van der Waals surface area contributed by atoms with Crippen LogP contribution in [0.5, 0.6) is 0 Å². The first-order valence-electron chi connectivity index (χ1n) is 7.88. The lowest BCUT2D eigenvalue weighted by atomic mass is 10.2. The lowest BCUT2D eigenvalue weighted by Crippen LogP contribution is -2.26. The molecule has 10 heteroatoms. The molecule has 136 valence electrons. The fourth-order valence-electron chi connectivity index (χ4n) is 2.58. The summed E-state index contributed by atoms with van der Waals surface area (Å²) in [7, 11) is 1.73. The minimum atomic E-state index is -4.43. The van der Waals surface area contributed by atoms with Gasteiger partial charge in [0, 0.05) is 37.9 Å². The third kappa shape index (κ3) is 4.33. The van der Waals surface area contributed by atoms with E-state index in [1.807, 2.05) is 22.6 Å². The van der Waals surface area contributed by atoms with Gasteiger partial charge in [-0.3, -0.25) is 14.2 Å². The second-order valence-electron chi connectivity index (χ2n) is 6.06. The number of hydrogen-bond acceptors (Lipinski definition) is 3. The van der Waals surface area contributed by atoms with Gasteiger partial charge in [-0.05, 0) is 47.9 Å². The quantitative estimate of drug-likeness (QED) is 0.525. The molecular weight excluding hydrogens is 450 g/mol. The maximum Gasteiger partial charge on any atom is 0.435 e. The fraction of sp³-hybridized carbons (Fsp3) is 0.533. The molecule has 0 unspecified atom stereocenters. The van der Waals surface area contributed by atoms with Crippen LogP contribution in [0, 0.1) is 3.57 Å². The predicted molar refractivity (Wildman–Crippen MR) is 92.1 cm³/mol. The minimum Gasteiger partial charge on any atom is -0.351 e. The highest BCUT2D eigenvalue weighted by atomic mass is 127. The van der Waals surface area contributed by atoms with Crippen molar-refractivity contribution in [1.82, 2.24) is 24.9 Å². The van der Waals surface area contributed by atoms with Gasteiger partial charge in [0.1, 0.15) is 0 Å². The van der Waals surface area contributed by atoms with Gasteiger partial charge in [-0.25, -0.2) is 0 Å². The summed E-state index contributed by atoms with van der Waals surface area (Å²) >= 11 is 2.03. The molecule has 1 aliphatic carbocycles. The van der Waals surface area contributed by atoms with E-state index in [2.05, 4.69) is 15.5 Å². The zero-order valence-electron chi connectivity index (χ0n) is 13.5. The van der Waals surface area contributed by atoms with Crippen LogP contribution in [-0.2, 0) is 19.8 Å². The van der Waals surface area contributed by atoms with Crippen LogP contribution in [0.4, 0.5) is 13.2 Å². The number of alkyl halides is 3. The Hall–Kier alpha value is -1.59. The third-order valence-electron chi connectivity index (χ3n) is 3.93. The second kappa shape index (κ2) is 6.96. The van der Waals surface area contributed by atoms with E-state index < -0.39 is 11.9 Å². The maximum absolute atomic E-state index is 12.8. The van der Waals surface area contributed by atoms with Crippen molar-refractivity contribution in [3.05, 3.63) is 32.9 Å². The topological polar surface area (TPSA) is 64.7 Å². The van der Waals surface area contributed by atoms with E-state index >= 15 is 0 Å². The maximum atomic E-state index is 12.8. The van der Waals surface area contributed by atoms with Crippen molar-refractivity contribution in [2.45, 2.75) is 37.9 Å². The van der Waals surface area contributed by atoms with E-state index in [0.717, 1.165) is 22.5 Å². The van der Waals surface area contributed by atoms with E-state index in [9.17, 15) is 18.0 Å². The summed E-state index contributed by atoms with van der Waals surface area (Å²) < 4.78 is 42.3. The molecule has 25 heavy (non-hydrogen) atoms. The van der Waals surface area contributed by atoms with E-state index in [-0.39, 0.29) is 11.8 Å². The van der Waals surface area contributed by atoms with Gasteiger partial charge in [0.05, 0.1) is 3.57 Å². The molecule has 0 spiro atoms. The van der Waals surface area contributed by atoms with Gasteiger partial charge in [-0.2, -0.15) is 23.4 Å². The molecule has 1 aliphatic rings. The number of nitrogens with one attached hydrogen (secondary N) is 1. The second-order valence-corrected chi connectivity index (χ2v) is 7.22. The largest absolute Gasteiger partial charge is 0.435 e. The van der Waals surface area contributed by atoms with E-state index in [4.69, 9.17) is 0 Å². The van der Waals surface area contributed by atoms with Crippen LogP contribution in [0.15, 0.2) is 12.3 Å². The number of carbonyl (C=O) groups is 1. The third-order valence-corrected chi connectivity index (χ3v) is 4.72. The molecule has 6 nitrogen and oxygen atoms in total. The standard InChI is InChI=1S/C15H17F3IN5O/c1-23-8-10(19)13(22-23)14(25)20-5-2-6-24-11(9-3-4-9)7-12(21-24)15(16,17)18/h7-9H,2-6H2,1H3,(H,20,25). The monoisotopic (exact) mass is 467 g/mol. The van der Waals surface area contributed by atoms with Crippen LogP contribution in [0.1, 0.15) is 47.1 Å². The number of rotatable bonds is 6. The summed E-state index contributed by atoms with van der Waals surface area (Å²) in [5.74, 6) is -0.114. The fourth-order valence-corrected chi connectivity index (χ4v) is 3.34. The zero-order valence-corrected chi connectivity index (χ0v) is 15.6. The van der Waals surface area contributed by atoms with Crippen molar-refractivity contribution < 1.29 is 18.0 Å². The van der Waals surface area contributed by atoms with Gasteiger partial charge >= 0.3 is 6.18 Å². The first-order chi connectivity index (χ1) is 11.8. The molecule has 0 radical (unpaired) electrons. The van der Waals surface area contributed by atoms with E-state index in [1.54, 1.807) is 17.9 Å². The molecule has 0 saturated heterocycles. The van der Waals surface area contributed by atoms with E-state index in [1.165, 1.54) is 4.68 Å². The summed E-state index contributed by atoms with van der Waals surface area (Å²) in [5.41, 5.74) is 0.139. The molecule has 0 aliphatic heterocycles. The van der Waals surface area contributed by atoms with Gasteiger partial charge in [-0.15, -0.1) is 0 Å². The van der Waals surface area contributed by atoms with Crippen molar-refractivity contribution in [2.75, 3.05) is 6.54 Å². The van der Waals surface area contributed by atoms with Crippen LogP contribution >= 0.6 is 22.6 Å². The number of nitrogens with zero attached hydrogens (tertiary/aromatic N) is 4. The van der Waals surface area contributed by atoms with Gasteiger partial charge in [0.25, 0.3) is 5.91 Å². The summed E-state index contributed by atoms with van der Waals surface area (Å²) in [6.07, 6.45) is -0.401. The highest BCUT2D eigenvalue weighted by Crippen LogP contribution is 2.42. The Kier molecular flexibility index (Phi) is 5.07. The van der Waals surface area contributed by atoms with Gasteiger partial charge in [0.2, 0.25) is 0 Å². The molecule has 1 fully saturated rings. The molecular formula is C15H17F3IN5O. The van der Waals surface area contributed by atoms with Crippen LogP contribution < -0.4 is 5.32 Å². The average molecular weight is 467 g/mol. The highest BCUT2D eigenvalue weighted by molar-refractivity contribution is 14.1. The van der Waals surface area contributed by atoms with Gasteiger partial charge < -0.3 is 5.32 Å². The predicted octanol–water partition coefficient (Wildman–Crippen LogP) is 2.94. The Bertz CT molecular complexity index is 779. The van der Waals surface area contributed by atoms with E-state index in [0.29, 0.717) is 30.9 Å². The minimum absolute atomic E-state index is 0.174. The number of aryl methyl sites for hydroxylation is 2. The molecule has 2 aromatic heterocycles. The summed E-state index contributed by atoms with van der Waals surface area (Å²) in [6, 6.07) is 1.15. The molecule has 0 aromatic carbocycles. The SMILES string of the molecule is Cn1cc(I)c(C(=O)NCCCn2nc(C(F)(F)F)cc2C2CC2)n1. The van der Waals surface area contributed by atoms with Crippen molar-refractivity contribution in [2.24, 2.45) is 7.05 Å². The lowest BCUT2D eigenvalue weighted by Gasteiger charge is -2.07. The Morgan fingerprint density at radius 1 is 1.40 bits per heavy atom. The Morgan fingerprint density at radius 2 is 2.12 bits per heavy atom. The molecule has 2 aromatic rings. The number of amides is 1. The first-order valence-corrected chi connectivity index (χ1v) is 8.96. The molecule has 2 heterocycles. The number of carbonyl (C=O) groups excluding carboxylic acids is 1. The highest BCUT2D eigenvalue weighted by Gasteiger charge is 2.37. The average Bonchev–Trinajstić information content (AvgIpc) is 3.17. The van der Waals surface area contributed by atoms with Gasteiger partial charge in [-0.1, -0.05) is 0 Å². The van der Waals surface area contributed by atoms with Crippen molar-refractivity contribution >= 4 is 28.5 Å². The van der Waals surface area contributed by atoms with Crippen molar-refractivity contribution in [3.8, 4) is 0 Å². The van der Waals surface area contributed by atoms with Crippen molar-refractivity contribution in [3.63, 3.8) is 0 Å². The van der Waals surface area contributed by atoms with Crippen LogP contribution in [-0.4, -0.2) is 32.0 Å². The molecule has 1 saturated carbocycles. The number of hydrogen-bond donors (Lipinski definition) is 1. The number of aromatic nitrogens is 4. The Morgan fingerprint density at radius 3 is 2.68 bits per heavy atom. The van der Waals surface area contributed by atoms with Crippen LogP contribution in [0.25, 0.3) is 0 Å². The van der Waals surface area contributed by atoms with Crippen LogP contribution in [0.3, 0.4) is 0 Å². The molecule has 1 amide bonds. The van der Waals surface area contributed by atoms with Crippen molar-refractivity contribution in [1.29, 1.82) is 0 Å². The Labute approximate surface area is 155 Å². The smallest absolute Gasteiger partial charge is 0.351 e. The first kappa shape index (κ1) is 18.2. The summed E-state index contributed by atoms with van der Waals surface area (Å²) in [4.78, 5) is 12.0. The Balaban J connectivity index is 1.56. The normalized spacial score (nSPS) is 14.8.